The van der Waals surface area contributed by atoms with Crippen LogP contribution in [0.3, 0.4) is 0 Å². The summed E-state index contributed by atoms with van der Waals surface area (Å²) >= 11 is 5.79. The molecule has 0 heterocycles. The number of halogens is 1. The maximum Gasteiger partial charge on any atom is 0.489 e. The molecule has 0 saturated heterocycles. The van der Waals surface area contributed by atoms with E-state index < -0.39 is 12.7 Å². The molecule has 2 N–H and O–H groups in total. The molecule has 0 aliphatic rings. The average Bonchev–Trinajstić information content (AvgIpc) is 2.38. The van der Waals surface area contributed by atoms with Crippen LogP contribution in [-0.4, -0.2) is 22.7 Å². The van der Waals surface area contributed by atoms with E-state index in [9.17, 15) is 10.0 Å². The van der Waals surface area contributed by atoms with Crippen LogP contribution >= 0.6 is 11.6 Å². The van der Waals surface area contributed by atoms with Crippen LogP contribution in [0, 0.1) is 0 Å². The summed E-state index contributed by atoms with van der Waals surface area (Å²) in [7, 11) is -1.51. The quantitative estimate of drug-likeness (QED) is 0.663. The minimum atomic E-state index is -1.51. The second-order valence-corrected chi connectivity index (χ2v) is 4.76. The van der Waals surface area contributed by atoms with Gasteiger partial charge in [-0.3, -0.25) is 0 Å². The zero-order chi connectivity index (χ0) is 13.8. The molecule has 2 aromatic rings. The van der Waals surface area contributed by atoms with Crippen molar-refractivity contribution in [2.24, 2.45) is 0 Å². The Hall–Kier alpha value is -1.49. The van der Waals surface area contributed by atoms with Crippen LogP contribution < -0.4 is 10.2 Å². The Morgan fingerprint density at radius 2 is 1.84 bits per heavy atom. The summed E-state index contributed by atoms with van der Waals surface area (Å²) in [6, 6.07) is 14.5. The highest BCUT2D eigenvalue weighted by Crippen LogP contribution is 2.23. The van der Waals surface area contributed by atoms with Crippen LogP contribution in [0.2, 0.25) is 0 Å². The third-order valence-corrected chi connectivity index (χ3v) is 2.77. The fourth-order valence-corrected chi connectivity index (χ4v) is 2.01. The number of rotatable bonds is 4. The third kappa shape index (κ3) is 3.50. The lowest BCUT2D eigenvalue weighted by atomic mass is 9.75. The minimum Gasteiger partial charge on any atom is -0.475 e. The molecule has 0 aromatic heterocycles. The monoisotopic (exact) mass is 276 g/mol. The molecule has 3 nitrogen and oxygen atoms in total. The van der Waals surface area contributed by atoms with Gasteiger partial charge in [0, 0.05) is 0 Å². The molecule has 0 aliphatic heterocycles. The van der Waals surface area contributed by atoms with Gasteiger partial charge in [0.05, 0.1) is 0 Å². The minimum absolute atomic E-state index is 0.422. The average molecular weight is 277 g/mol. The van der Waals surface area contributed by atoms with Crippen molar-refractivity contribution in [1.29, 1.82) is 0 Å². The lowest BCUT2D eigenvalue weighted by molar-refractivity contribution is 0.301. The Balaban J connectivity index is 2.42. The fraction of sp³-hybridized carbons (Fsp3) is 0.143. The zero-order valence-electron chi connectivity index (χ0n) is 10.5. The highest BCUT2D eigenvalue weighted by atomic mass is 35.5. The summed E-state index contributed by atoms with van der Waals surface area (Å²) in [6.07, 6.45) is 0. The molecule has 1 unspecified atom stereocenters. The Bertz CT molecular complexity index is 558. The van der Waals surface area contributed by atoms with E-state index in [4.69, 9.17) is 16.3 Å². The molecule has 0 radical (unpaired) electrons. The van der Waals surface area contributed by atoms with E-state index in [-0.39, 0.29) is 0 Å². The maximum atomic E-state index is 9.38. The topological polar surface area (TPSA) is 49.7 Å². The summed E-state index contributed by atoms with van der Waals surface area (Å²) in [4.78, 5) is 0. The summed E-state index contributed by atoms with van der Waals surface area (Å²) in [6.45, 7) is 1.74. The number of hydrogen-bond donors (Lipinski definition) is 2. The van der Waals surface area contributed by atoms with Crippen LogP contribution in [0.5, 0.6) is 5.75 Å². The highest BCUT2D eigenvalue weighted by molar-refractivity contribution is 6.60. The van der Waals surface area contributed by atoms with Gasteiger partial charge >= 0.3 is 7.12 Å². The molecule has 2 aromatic carbocycles. The molecule has 0 amide bonds. The van der Waals surface area contributed by atoms with Gasteiger partial charge in [-0.2, -0.15) is 0 Å². The molecule has 0 saturated carbocycles. The zero-order valence-corrected chi connectivity index (χ0v) is 11.2. The second kappa shape index (κ2) is 6.11. The second-order valence-electron chi connectivity index (χ2n) is 4.15. The first-order valence-electron chi connectivity index (χ1n) is 5.94. The van der Waals surface area contributed by atoms with Gasteiger partial charge in [-0.15, -0.1) is 0 Å². The van der Waals surface area contributed by atoms with Crippen LogP contribution in [0.15, 0.2) is 48.5 Å². The fourth-order valence-electron chi connectivity index (χ4n) is 1.91. The predicted octanol–water partition coefficient (Wildman–Crippen LogP) is 2.00. The van der Waals surface area contributed by atoms with Gasteiger partial charge in [0.2, 0.25) is 0 Å². The molecule has 2 rings (SSSR count). The van der Waals surface area contributed by atoms with Gasteiger partial charge in [0.25, 0.3) is 0 Å². The van der Waals surface area contributed by atoms with E-state index in [1.54, 1.807) is 25.1 Å². The molecule has 98 valence electrons. The molecule has 0 fully saturated rings. The molecular weight excluding hydrogens is 262 g/mol. The standard InChI is InChI=1S/C14H14BClO3/c1-10(16)19-12-6-4-5-11(9-12)13-7-2-3-8-14(13)15(17)18/h2-10,17-18H,1H3. The maximum absolute atomic E-state index is 9.38. The molecular formula is C14H14BClO3. The molecule has 0 aliphatic carbocycles. The van der Waals surface area contributed by atoms with Gasteiger partial charge in [-0.25, -0.2) is 0 Å². The SMILES string of the molecule is CC(Cl)Oc1cccc(-c2ccccc2B(O)O)c1. The van der Waals surface area contributed by atoms with E-state index in [2.05, 4.69) is 0 Å². The lowest BCUT2D eigenvalue weighted by Crippen LogP contribution is -2.31. The van der Waals surface area contributed by atoms with Crippen molar-refractivity contribution in [3.8, 4) is 16.9 Å². The first-order valence-corrected chi connectivity index (χ1v) is 6.38. The summed E-state index contributed by atoms with van der Waals surface area (Å²) < 4.78 is 5.42. The predicted molar refractivity (Wildman–Crippen MR) is 77.6 cm³/mol. The van der Waals surface area contributed by atoms with Crippen molar-refractivity contribution in [3.63, 3.8) is 0 Å². The molecule has 0 bridgehead atoms. The molecule has 0 spiro atoms. The Morgan fingerprint density at radius 3 is 2.53 bits per heavy atom. The normalized spacial score (nSPS) is 12.0. The number of hydrogen-bond acceptors (Lipinski definition) is 3. The van der Waals surface area contributed by atoms with E-state index in [1.165, 1.54) is 0 Å². The Kier molecular flexibility index (Phi) is 4.48. The van der Waals surface area contributed by atoms with Crippen molar-refractivity contribution in [1.82, 2.24) is 0 Å². The van der Waals surface area contributed by atoms with E-state index >= 15 is 0 Å². The van der Waals surface area contributed by atoms with Crippen molar-refractivity contribution in [3.05, 3.63) is 48.5 Å². The van der Waals surface area contributed by atoms with Crippen LogP contribution in [0.1, 0.15) is 6.92 Å². The molecule has 5 heteroatoms. The van der Waals surface area contributed by atoms with Gasteiger partial charge in [-0.1, -0.05) is 48.0 Å². The van der Waals surface area contributed by atoms with Crippen molar-refractivity contribution in [2.45, 2.75) is 12.5 Å². The number of benzene rings is 2. The van der Waals surface area contributed by atoms with E-state index in [0.717, 1.165) is 11.1 Å². The van der Waals surface area contributed by atoms with E-state index in [1.807, 2.05) is 30.3 Å². The van der Waals surface area contributed by atoms with E-state index in [0.29, 0.717) is 11.2 Å². The first kappa shape index (κ1) is 13.9. The molecule has 19 heavy (non-hydrogen) atoms. The van der Waals surface area contributed by atoms with Crippen molar-refractivity contribution >= 4 is 24.2 Å². The number of alkyl halides is 1. The Morgan fingerprint density at radius 1 is 1.11 bits per heavy atom. The van der Waals surface area contributed by atoms with Gasteiger partial charge < -0.3 is 14.8 Å². The molecule has 1 atom stereocenters. The smallest absolute Gasteiger partial charge is 0.475 e. The first-order chi connectivity index (χ1) is 9.08. The van der Waals surface area contributed by atoms with Gasteiger partial charge in [0.15, 0.2) is 5.56 Å². The van der Waals surface area contributed by atoms with Gasteiger partial charge in [-0.05, 0) is 35.6 Å². The third-order valence-electron chi connectivity index (χ3n) is 2.68. The Labute approximate surface area is 117 Å². The summed E-state index contributed by atoms with van der Waals surface area (Å²) in [5.74, 6) is 0.641. The largest absolute Gasteiger partial charge is 0.489 e. The van der Waals surface area contributed by atoms with Crippen molar-refractivity contribution in [2.75, 3.05) is 0 Å². The number of ether oxygens (including phenoxy) is 1. The van der Waals surface area contributed by atoms with Crippen LogP contribution in [-0.2, 0) is 0 Å². The van der Waals surface area contributed by atoms with Crippen molar-refractivity contribution < 1.29 is 14.8 Å². The lowest BCUT2D eigenvalue weighted by Gasteiger charge is -2.12. The highest BCUT2D eigenvalue weighted by Gasteiger charge is 2.16. The van der Waals surface area contributed by atoms with Gasteiger partial charge in [0.1, 0.15) is 5.75 Å². The summed E-state index contributed by atoms with van der Waals surface area (Å²) in [5, 5.41) is 18.8. The van der Waals surface area contributed by atoms with Crippen LogP contribution in [0.25, 0.3) is 11.1 Å². The van der Waals surface area contributed by atoms with Crippen LogP contribution in [0.4, 0.5) is 0 Å². The summed E-state index contributed by atoms with van der Waals surface area (Å²) in [5.41, 5.74) is 1.64.